The molecule has 0 saturated carbocycles. The lowest BCUT2D eigenvalue weighted by atomic mass is 10.1. The van der Waals surface area contributed by atoms with Gasteiger partial charge in [0.15, 0.2) is 0 Å². The third-order valence-corrected chi connectivity index (χ3v) is 4.06. The third kappa shape index (κ3) is 2.99. The van der Waals surface area contributed by atoms with Gasteiger partial charge in [0.2, 0.25) is 0 Å². The van der Waals surface area contributed by atoms with Gasteiger partial charge in [-0.05, 0) is 35.4 Å². The van der Waals surface area contributed by atoms with Crippen LogP contribution in [-0.4, -0.2) is 26.2 Å². The maximum absolute atomic E-state index is 3.47. The molecular weight excluding hydrogens is 300 g/mol. The summed E-state index contributed by atoms with van der Waals surface area (Å²) in [4.78, 5) is 2.43. The predicted molar refractivity (Wildman–Crippen MR) is 84.7 cm³/mol. The predicted octanol–water partition coefficient (Wildman–Crippen LogP) is 3.53. The normalized spacial score (nSPS) is 15.5. The van der Waals surface area contributed by atoms with Gasteiger partial charge in [-0.25, -0.2) is 0 Å². The van der Waals surface area contributed by atoms with Crippen LogP contribution < -0.4 is 10.2 Å². The molecule has 0 spiro atoms. The van der Waals surface area contributed by atoms with Crippen molar-refractivity contribution in [2.24, 2.45) is 0 Å². The monoisotopic (exact) mass is 316 g/mol. The second-order valence-corrected chi connectivity index (χ2v) is 5.71. The van der Waals surface area contributed by atoms with Gasteiger partial charge in [0, 0.05) is 36.3 Å². The van der Waals surface area contributed by atoms with Gasteiger partial charge in [-0.15, -0.1) is 0 Å². The molecule has 0 unspecified atom stereocenters. The molecule has 98 valence electrons. The van der Waals surface area contributed by atoms with E-state index in [2.05, 4.69) is 74.7 Å². The molecule has 2 aromatic carbocycles. The number of halogens is 1. The lowest BCUT2D eigenvalue weighted by Gasteiger charge is -2.29. The van der Waals surface area contributed by atoms with Crippen molar-refractivity contribution in [3.05, 3.63) is 53.0 Å². The van der Waals surface area contributed by atoms with E-state index in [1.54, 1.807) is 0 Å². The van der Waals surface area contributed by atoms with Crippen molar-refractivity contribution in [1.82, 2.24) is 5.32 Å². The Hall–Kier alpha value is -1.32. The van der Waals surface area contributed by atoms with E-state index >= 15 is 0 Å². The largest absolute Gasteiger partial charge is 0.369 e. The van der Waals surface area contributed by atoms with Crippen LogP contribution in [0.3, 0.4) is 0 Å². The Labute approximate surface area is 122 Å². The minimum atomic E-state index is 1.08. The number of hydrogen-bond donors (Lipinski definition) is 1. The maximum Gasteiger partial charge on any atom is 0.0367 e. The molecule has 2 nitrogen and oxygen atoms in total. The Morgan fingerprint density at radius 1 is 0.789 bits per heavy atom. The van der Waals surface area contributed by atoms with Gasteiger partial charge in [0.1, 0.15) is 0 Å². The first kappa shape index (κ1) is 12.7. The molecule has 0 aliphatic carbocycles. The van der Waals surface area contributed by atoms with Crippen LogP contribution in [0.15, 0.2) is 53.0 Å². The summed E-state index contributed by atoms with van der Waals surface area (Å²) < 4.78 is 1.12. The van der Waals surface area contributed by atoms with E-state index in [9.17, 15) is 0 Å². The summed E-state index contributed by atoms with van der Waals surface area (Å²) >= 11 is 3.47. The Kier molecular flexibility index (Phi) is 3.85. The molecule has 1 saturated heterocycles. The van der Waals surface area contributed by atoms with Gasteiger partial charge in [0.25, 0.3) is 0 Å². The highest BCUT2D eigenvalue weighted by molar-refractivity contribution is 9.10. The molecule has 19 heavy (non-hydrogen) atoms. The average Bonchev–Trinajstić information content (AvgIpc) is 2.49. The zero-order valence-corrected chi connectivity index (χ0v) is 12.4. The molecule has 3 heteroatoms. The zero-order chi connectivity index (χ0) is 13.1. The highest BCUT2D eigenvalue weighted by Crippen LogP contribution is 2.24. The average molecular weight is 317 g/mol. The number of rotatable bonds is 2. The van der Waals surface area contributed by atoms with Crippen molar-refractivity contribution in [3.8, 4) is 11.1 Å². The van der Waals surface area contributed by atoms with Gasteiger partial charge in [-0.2, -0.15) is 0 Å². The highest BCUT2D eigenvalue weighted by atomic mass is 79.9. The molecule has 0 bridgehead atoms. The van der Waals surface area contributed by atoms with Crippen LogP contribution in [0.5, 0.6) is 0 Å². The van der Waals surface area contributed by atoms with Crippen LogP contribution in [0, 0.1) is 0 Å². The Morgan fingerprint density at radius 3 is 1.89 bits per heavy atom. The number of nitrogens with zero attached hydrogens (tertiary/aromatic N) is 1. The standard InChI is InChI=1S/C16H17BrN2/c17-15-5-1-13(2-6-15)14-3-7-16(8-4-14)19-11-9-18-10-12-19/h1-8,18H,9-12H2. The van der Waals surface area contributed by atoms with Crippen LogP contribution in [0.1, 0.15) is 0 Å². The van der Waals surface area contributed by atoms with E-state index < -0.39 is 0 Å². The maximum atomic E-state index is 3.47. The molecule has 0 radical (unpaired) electrons. The molecule has 1 aliphatic heterocycles. The Bertz CT molecular complexity index is 528. The summed E-state index contributed by atoms with van der Waals surface area (Å²) in [6.45, 7) is 4.35. The quantitative estimate of drug-likeness (QED) is 0.912. The van der Waals surface area contributed by atoms with Crippen LogP contribution in [-0.2, 0) is 0 Å². The molecule has 0 amide bonds. The molecule has 1 aliphatic rings. The van der Waals surface area contributed by atoms with E-state index in [0.717, 1.165) is 30.7 Å². The smallest absolute Gasteiger partial charge is 0.0367 e. The molecule has 1 fully saturated rings. The van der Waals surface area contributed by atoms with Crippen LogP contribution in [0.4, 0.5) is 5.69 Å². The number of piperazine rings is 1. The second kappa shape index (κ2) is 5.76. The van der Waals surface area contributed by atoms with Crippen LogP contribution in [0.25, 0.3) is 11.1 Å². The van der Waals surface area contributed by atoms with E-state index in [1.165, 1.54) is 16.8 Å². The van der Waals surface area contributed by atoms with E-state index in [4.69, 9.17) is 0 Å². The molecular formula is C16H17BrN2. The minimum absolute atomic E-state index is 1.08. The second-order valence-electron chi connectivity index (χ2n) is 4.79. The summed E-state index contributed by atoms with van der Waals surface area (Å²) in [7, 11) is 0. The van der Waals surface area contributed by atoms with Crippen LogP contribution in [0.2, 0.25) is 0 Å². The van der Waals surface area contributed by atoms with E-state index in [1.807, 2.05) is 0 Å². The lowest BCUT2D eigenvalue weighted by Crippen LogP contribution is -2.43. The molecule has 0 atom stereocenters. The van der Waals surface area contributed by atoms with Gasteiger partial charge >= 0.3 is 0 Å². The van der Waals surface area contributed by atoms with Crippen molar-refractivity contribution in [2.45, 2.75) is 0 Å². The molecule has 1 heterocycles. The summed E-state index contributed by atoms with van der Waals surface area (Å²) in [6, 6.07) is 17.3. The summed E-state index contributed by atoms with van der Waals surface area (Å²) in [5.41, 5.74) is 3.85. The molecule has 1 N–H and O–H groups in total. The lowest BCUT2D eigenvalue weighted by molar-refractivity contribution is 0.589. The summed E-state index contributed by atoms with van der Waals surface area (Å²) in [5.74, 6) is 0. The number of benzene rings is 2. The fourth-order valence-electron chi connectivity index (χ4n) is 2.43. The van der Waals surface area contributed by atoms with Crippen molar-refractivity contribution >= 4 is 21.6 Å². The van der Waals surface area contributed by atoms with Gasteiger partial charge in [-0.3, -0.25) is 0 Å². The van der Waals surface area contributed by atoms with Gasteiger partial charge in [-0.1, -0.05) is 40.2 Å². The Balaban J connectivity index is 1.80. The fourth-order valence-corrected chi connectivity index (χ4v) is 2.69. The highest BCUT2D eigenvalue weighted by Gasteiger charge is 2.09. The summed E-state index contributed by atoms with van der Waals surface area (Å²) in [5, 5.41) is 3.38. The molecule has 3 rings (SSSR count). The number of hydrogen-bond acceptors (Lipinski definition) is 2. The molecule has 0 aromatic heterocycles. The number of anilines is 1. The number of nitrogens with one attached hydrogen (secondary N) is 1. The van der Waals surface area contributed by atoms with E-state index in [0.29, 0.717) is 0 Å². The SMILES string of the molecule is Brc1ccc(-c2ccc(N3CCNCC3)cc2)cc1. The fraction of sp³-hybridized carbons (Fsp3) is 0.250. The first-order valence-electron chi connectivity index (χ1n) is 6.64. The first-order chi connectivity index (χ1) is 9.33. The van der Waals surface area contributed by atoms with Crippen LogP contribution >= 0.6 is 15.9 Å². The first-order valence-corrected chi connectivity index (χ1v) is 7.44. The Morgan fingerprint density at radius 2 is 1.32 bits per heavy atom. The van der Waals surface area contributed by atoms with Crippen molar-refractivity contribution in [3.63, 3.8) is 0 Å². The zero-order valence-electron chi connectivity index (χ0n) is 10.8. The van der Waals surface area contributed by atoms with Gasteiger partial charge in [0.05, 0.1) is 0 Å². The topological polar surface area (TPSA) is 15.3 Å². The van der Waals surface area contributed by atoms with Crippen molar-refractivity contribution in [2.75, 3.05) is 31.1 Å². The summed E-state index contributed by atoms with van der Waals surface area (Å²) in [6.07, 6.45) is 0. The van der Waals surface area contributed by atoms with Crippen molar-refractivity contribution < 1.29 is 0 Å². The van der Waals surface area contributed by atoms with Crippen molar-refractivity contribution in [1.29, 1.82) is 0 Å². The van der Waals surface area contributed by atoms with E-state index in [-0.39, 0.29) is 0 Å². The third-order valence-electron chi connectivity index (χ3n) is 3.53. The minimum Gasteiger partial charge on any atom is -0.369 e. The van der Waals surface area contributed by atoms with Gasteiger partial charge < -0.3 is 10.2 Å². The molecule has 2 aromatic rings.